The maximum absolute atomic E-state index is 11.9. The van der Waals surface area contributed by atoms with Gasteiger partial charge in [0.2, 0.25) is 11.6 Å². The molecule has 0 aliphatic rings. The minimum atomic E-state index is -0.660. The number of aryl methyl sites for hydroxylation is 1. The quantitative estimate of drug-likeness (QED) is 0.386. The zero-order chi connectivity index (χ0) is 20.6. The largest absolute Gasteiger partial charge is 0.484 e. The van der Waals surface area contributed by atoms with Crippen LogP contribution in [0.2, 0.25) is 0 Å². The lowest BCUT2D eigenvalue weighted by atomic mass is 10.3. The van der Waals surface area contributed by atoms with Crippen LogP contribution in [-0.2, 0) is 4.79 Å². The number of nitro groups is 1. The number of pyridine rings is 1. The summed E-state index contributed by atoms with van der Waals surface area (Å²) in [4.78, 5) is 34.8. The molecule has 0 saturated heterocycles. The van der Waals surface area contributed by atoms with Crippen molar-refractivity contribution < 1.29 is 14.5 Å². The van der Waals surface area contributed by atoms with Gasteiger partial charge < -0.3 is 10.1 Å². The normalized spacial score (nSPS) is 10.1. The Morgan fingerprint density at radius 2 is 1.86 bits per heavy atom. The smallest absolute Gasteiger partial charge is 0.355 e. The number of hydrogen-bond donors (Lipinski definition) is 3. The van der Waals surface area contributed by atoms with Crippen LogP contribution in [-0.4, -0.2) is 32.4 Å². The number of ether oxygens (including phenoxy) is 1. The molecule has 0 radical (unpaired) electrons. The van der Waals surface area contributed by atoms with Crippen molar-refractivity contribution in [3.05, 3.63) is 70.7 Å². The van der Waals surface area contributed by atoms with E-state index in [1.807, 2.05) is 6.07 Å². The molecule has 3 rings (SSSR count). The summed E-state index contributed by atoms with van der Waals surface area (Å²) in [6.45, 7) is 1.51. The molecule has 2 heterocycles. The second kappa shape index (κ2) is 9.08. The molecule has 0 aliphatic heterocycles. The molecule has 11 nitrogen and oxygen atoms in total. The summed E-state index contributed by atoms with van der Waals surface area (Å²) in [5.41, 5.74) is 5.04. The van der Waals surface area contributed by atoms with Gasteiger partial charge in [0.05, 0.1) is 4.92 Å². The van der Waals surface area contributed by atoms with E-state index in [4.69, 9.17) is 4.74 Å². The van der Waals surface area contributed by atoms with Crippen LogP contribution in [0.3, 0.4) is 0 Å². The van der Waals surface area contributed by atoms with Gasteiger partial charge in [0, 0.05) is 5.69 Å². The van der Waals surface area contributed by atoms with E-state index in [-0.39, 0.29) is 18.2 Å². The Labute approximate surface area is 165 Å². The van der Waals surface area contributed by atoms with Crippen LogP contribution in [0.25, 0.3) is 0 Å². The highest BCUT2D eigenvalue weighted by atomic mass is 16.6. The first kappa shape index (κ1) is 19.5. The monoisotopic (exact) mass is 395 g/mol. The van der Waals surface area contributed by atoms with E-state index in [9.17, 15) is 14.9 Å². The number of amides is 1. The number of rotatable bonds is 8. The number of benzene rings is 1. The van der Waals surface area contributed by atoms with Gasteiger partial charge in [0.25, 0.3) is 5.91 Å². The van der Waals surface area contributed by atoms with Crippen molar-refractivity contribution in [3.63, 3.8) is 0 Å². The van der Waals surface area contributed by atoms with Crippen LogP contribution in [0.15, 0.2) is 54.9 Å². The van der Waals surface area contributed by atoms with E-state index in [2.05, 4.69) is 31.1 Å². The minimum absolute atomic E-state index is 0.0691. The van der Waals surface area contributed by atoms with E-state index < -0.39 is 16.5 Å². The number of aromatic nitrogens is 3. The zero-order valence-electron chi connectivity index (χ0n) is 15.3. The molecule has 0 aliphatic carbocycles. The minimum Gasteiger partial charge on any atom is -0.484 e. The summed E-state index contributed by atoms with van der Waals surface area (Å²) in [7, 11) is 0. The predicted octanol–water partition coefficient (Wildman–Crippen LogP) is 2.35. The molecule has 29 heavy (non-hydrogen) atoms. The fourth-order valence-electron chi connectivity index (χ4n) is 2.30. The number of hydrazine groups is 1. The molecular weight excluding hydrogens is 378 g/mol. The molecule has 0 unspecified atom stereocenters. The molecule has 0 fully saturated rings. The van der Waals surface area contributed by atoms with E-state index in [0.717, 1.165) is 12.0 Å². The van der Waals surface area contributed by atoms with Crippen LogP contribution >= 0.6 is 0 Å². The number of nitrogens with zero attached hydrogens (tertiary/aromatic N) is 4. The van der Waals surface area contributed by atoms with Gasteiger partial charge in [0.15, 0.2) is 6.61 Å². The third kappa shape index (κ3) is 5.35. The third-order valence-electron chi connectivity index (χ3n) is 3.57. The molecule has 148 valence electrons. The molecule has 1 aromatic carbocycles. The first-order valence-electron chi connectivity index (χ1n) is 8.45. The van der Waals surface area contributed by atoms with Crippen molar-refractivity contribution in [2.45, 2.75) is 6.92 Å². The average molecular weight is 395 g/mol. The molecule has 0 bridgehead atoms. The van der Waals surface area contributed by atoms with Gasteiger partial charge in [-0.25, -0.2) is 15.0 Å². The molecule has 11 heteroatoms. The lowest BCUT2D eigenvalue weighted by molar-refractivity contribution is -0.383. The molecule has 3 aromatic rings. The van der Waals surface area contributed by atoms with Crippen LogP contribution in [0.4, 0.5) is 23.1 Å². The predicted molar refractivity (Wildman–Crippen MR) is 105 cm³/mol. The Kier molecular flexibility index (Phi) is 6.10. The lowest BCUT2D eigenvalue weighted by Crippen LogP contribution is -2.34. The summed E-state index contributed by atoms with van der Waals surface area (Å²) >= 11 is 0. The second-order valence-corrected chi connectivity index (χ2v) is 5.74. The van der Waals surface area contributed by atoms with E-state index >= 15 is 0 Å². The van der Waals surface area contributed by atoms with Crippen molar-refractivity contribution >= 4 is 29.0 Å². The summed E-state index contributed by atoms with van der Waals surface area (Å²) < 4.78 is 5.31. The number of nitrogens with one attached hydrogen (secondary N) is 3. The van der Waals surface area contributed by atoms with Crippen molar-refractivity contribution in [1.29, 1.82) is 0 Å². The van der Waals surface area contributed by atoms with Gasteiger partial charge in [-0.15, -0.1) is 0 Å². The highest BCUT2D eigenvalue weighted by Crippen LogP contribution is 2.30. The molecule has 2 aromatic heterocycles. The topological polar surface area (TPSA) is 144 Å². The maximum atomic E-state index is 11.9. The fraction of sp³-hybridized carbons (Fsp3) is 0.111. The van der Waals surface area contributed by atoms with E-state index in [0.29, 0.717) is 11.6 Å². The second-order valence-electron chi connectivity index (χ2n) is 5.74. The maximum Gasteiger partial charge on any atom is 0.355 e. The van der Waals surface area contributed by atoms with Gasteiger partial charge in [-0.2, -0.15) is 0 Å². The summed E-state index contributed by atoms with van der Waals surface area (Å²) in [6, 6.07) is 14.0. The van der Waals surface area contributed by atoms with Crippen molar-refractivity contribution in [1.82, 2.24) is 20.4 Å². The van der Waals surface area contributed by atoms with Crippen molar-refractivity contribution in [2.75, 3.05) is 17.3 Å². The Morgan fingerprint density at radius 1 is 1.10 bits per heavy atom. The number of hydrogen-bond acceptors (Lipinski definition) is 9. The zero-order valence-corrected chi connectivity index (χ0v) is 15.3. The Hall–Kier alpha value is -4.28. The number of para-hydroxylation sites is 1. The average Bonchev–Trinajstić information content (AvgIpc) is 2.71. The summed E-state index contributed by atoms with van der Waals surface area (Å²) in [6.07, 6.45) is 1.13. The summed E-state index contributed by atoms with van der Waals surface area (Å²) in [5.74, 6) is 0.107. The molecule has 1 amide bonds. The van der Waals surface area contributed by atoms with Crippen LogP contribution in [0, 0.1) is 17.0 Å². The SMILES string of the molecule is Cc1cccc(Nc2ncnc(NNC(=O)COc3ccccc3)c2[N+](=O)[O-])n1. The molecule has 3 N–H and O–H groups in total. The number of carbonyl (C=O) groups excluding carboxylic acids is 1. The molecule has 0 saturated carbocycles. The highest BCUT2D eigenvalue weighted by molar-refractivity contribution is 5.80. The lowest BCUT2D eigenvalue weighted by Gasteiger charge is -2.11. The molecule has 0 atom stereocenters. The van der Waals surface area contributed by atoms with Crippen molar-refractivity contribution in [2.24, 2.45) is 0 Å². The number of carbonyl (C=O) groups is 1. The van der Waals surface area contributed by atoms with Gasteiger partial charge in [-0.1, -0.05) is 24.3 Å². The standard InChI is InChI=1S/C18H17N7O4/c1-12-6-5-9-14(21-12)22-17-16(25(27)28)18(20-11-19-17)24-23-15(26)10-29-13-7-3-2-4-8-13/h2-9,11H,10H2,1H3,(H,23,26)(H2,19,20,21,22,24). The third-order valence-corrected chi connectivity index (χ3v) is 3.57. The first-order valence-corrected chi connectivity index (χ1v) is 8.45. The van der Waals surface area contributed by atoms with Crippen LogP contribution in [0.5, 0.6) is 5.75 Å². The molecule has 0 spiro atoms. The van der Waals surface area contributed by atoms with Gasteiger partial charge in [-0.3, -0.25) is 25.8 Å². The Bertz CT molecular complexity index is 1010. The summed E-state index contributed by atoms with van der Waals surface area (Å²) in [5, 5.41) is 14.3. The van der Waals surface area contributed by atoms with E-state index in [1.165, 1.54) is 0 Å². The first-order chi connectivity index (χ1) is 14.0. The Balaban J connectivity index is 1.68. The van der Waals surface area contributed by atoms with Gasteiger partial charge >= 0.3 is 5.69 Å². The van der Waals surface area contributed by atoms with Crippen LogP contribution in [0.1, 0.15) is 5.69 Å². The van der Waals surface area contributed by atoms with Gasteiger partial charge in [0.1, 0.15) is 17.9 Å². The van der Waals surface area contributed by atoms with Crippen molar-refractivity contribution in [3.8, 4) is 5.75 Å². The molecular formula is C18H17N7O4. The number of anilines is 3. The fourth-order valence-corrected chi connectivity index (χ4v) is 2.30. The van der Waals surface area contributed by atoms with Crippen LogP contribution < -0.4 is 20.9 Å². The van der Waals surface area contributed by atoms with E-state index in [1.54, 1.807) is 49.4 Å². The van der Waals surface area contributed by atoms with Gasteiger partial charge in [-0.05, 0) is 31.2 Å². The Morgan fingerprint density at radius 3 is 2.59 bits per heavy atom. The highest BCUT2D eigenvalue weighted by Gasteiger charge is 2.24.